The van der Waals surface area contributed by atoms with Crippen molar-refractivity contribution in [2.45, 2.75) is 37.8 Å². The molecule has 0 saturated carbocycles. The highest BCUT2D eigenvalue weighted by Gasteiger charge is 2.33. The highest BCUT2D eigenvalue weighted by atomic mass is 16.5. The molecule has 0 aliphatic carbocycles. The third-order valence-electron chi connectivity index (χ3n) is 5.79. The third kappa shape index (κ3) is 5.45. The molecule has 3 rings (SSSR count). The van der Waals surface area contributed by atoms with Gasteiger partial charge in [0.1, 0.15) is 5.75 Å². The summed E-state index contributed by atoms with van der Waals surface area (Å²) in [5, 5.41) is 3.04. The second kappa shape index (κ2) is 9.89. The smallest absolute Gasteiger partial charge is 0.224 e. The zero-order valence-corrected chi connectivity index (χ0v) is 16.9. The summed E-state index contributed by atoms with van der Waals surface area (Å²) in [5.74, 6) is 0.978. The van der Waals surface area contributed by atoms with Crippen molar-refractivity contribution >= 4 is 11.8 Å². The van der Waals surface area contributed by atoms with E-state index in [4.69, 9.17) is 9.47 Å². The minimum Gasteiger partial charge on any atom is -0.497 e. The van der Waals surface area contributed by atoms with Gasteiger partial charge in [0.2, 0.25) is 11.8 Å². The Morgan fingerprint density at radius 3 is 2.71 bits per heavy atom. The lowest BCUT2D eigenvalue weighted by atomic mass is 10.1. The molecule has 0 aromatic heterocycles. The minimum absolute atomic E-state index is 0.00879. The molecule has 1 aromatic rings. The molecule has 2 heterocycles. The van der Waals surface area contributed by atoms with Crippen LogP contribution in [0.5, 0.6) is 5.75 Å². The first kappa shape index (κ1) is 20.6. The van der Waals surface area contributed by atoms with E-state index >= 15 is 0 Å². The second-order valence-electron chi connectivity index (χ2n) is 7.58. The van der Waals surface area contributed by atoms with Crippen molar-refractivity contribution in [3.63, 3.8) is 0 Å². The predicted octanol–water partition coefficient (Wildman–Crippen LogP) is 1.07. The Balaban J connectivity index is 1.42. The molecule has 7 heteroatoms. The van der Waals surface area contributed by atoms with Crippen molar-refractivity contribution in [3.05, 3.63) is 29.8 Å². The summed E-state index contributed by atoms with van der Waals surface area (Å²) in [7, 11) is 3.68. The summed E-state index contributed by atoms with van der Waals surface area (Å²) in [5.41, 5.74) is 0.936. The molecule has 2 atom stereocenters. The summed E-state index contributed by atoms with van der Waals surface area (Å²) in [4.78, 5) is 28.9. The van der Waals surface area contributed by atoms with Crippen LogP contribution in [0.1, 0.15) is 24.8 Å². The van der Waals surface area contributed by atoms with Gasteiger partial charge in [-0.3, -0.25) is 14.5 Å². The van der Waals surface area contributed by atoms with Crippen LogP contribution in [0.25, 0.3) is 0 Å². The maximum absolute atomic E-state index is 12.5. The van der Waals surface area contributed by atoms with E-state index < -0.39 is 0 Å². The van der Waals surface area contributed by atoms with Gasteiger partial charge in [0.25, 0.3) is 0 Å². The van der Waals surface area contributed by atoms with Gasteiger partial charge in [-0.05, 0) is 37.6 Å². The Labute approximate surface area is 167 Å². The molecule has 0 unspecified atom stereocenters. The molecule has 2 saturated heterocycles. The van der Waals surface area contributed by atoms with E-state index in [2.05, 4.69) is 17.3 Å². The molecular formula is C21H31N3O4. The summed E-state index contributed by atoms with van der Waals surface area (Å²) < 4.78 is 10.5. The van der Waals surface area contributed by atoms with E-state index in [1.54, 1.807) is 7.11 Å². The number of carbonyl (C=O) groups is 2. The topological polar surface area (TPSA) is 71.1 Å². The van der Waals surface area contributed by atoms with Crippen LogP contribution >= 0.6 is 0 Å². The van der Waals surface area contributed by atoms with E-state index in [0.29, 0.717) is 45.7 Å². The first-order valence-electron chi connectivity index (χ1n) is 10.0. The molecule has 154 valence electrons. The van der Waals surface area contributed by atoms with Gasteiger partial charge in [-0.1, -0.05) is 12.1 Å². The van der Waals surface area contributed by atoms with Crippen LogP contribution in [0.3, 0.4) is 0 Å². The number of nitrogens with one attached hydrogen (secondary N) is 1. The molecule has 2 aliphatic rings. The van der Waals surface area contributed by atoms with Crippen molar-refractivity contribution in [1.82, 2.24) is 15.1 Å². The molecule has 1 aromatic carbocycles. The van der Waals surface area contributed by atoms with Crippen LogP contribution in [0.2, 0.25) is 0 Å². The van der Waals surface area contributed by atoms with Crippen molar-refractivity contribution in [1.29, 1.82) is 0 Å². The number of carbonyl (C=O) groups excluding carboxylic acids is 2. The van der Waals surface area contributed by atoms with Gasteiger partial charge in [0.05, 0.1) is 26.7 Å². The molecule has 2 fully saturated rings. The molecule has 2 aliphatic heterocycles. The van der Waals surface area contributed by atoms with Crippen LogP contribution in [0.4, 0.5) is 0 Å². The van der Waals surface area contributed by atoms with Crippen molar-refractivity contribution in [3.8, 4) is 5.75 Å². The first-order valence-corrected chi connectivity index (χ1v) is 10.0. The molecular weight excluding hydrogens is 358 g/mol. The standard InChI is InChI=1S/C21H31N3O4/c1-23-17(14-21(26)24-8-10-28-11-9-24)6-7-18(23)15-22-20(25)13-16-4-3-5-19(12-16)27-2/h3-5,12,17-18H,6-11,13-15H2,1-2H3,(H,22,25)/t17-,18+/m1/s1. The molecule has 0 radical (unpaired) electrons. The van der Waals surface area contributed by atoms with Crippen LogP contribution in [-0.2, 0) is 20.7 Å². The normalized spacial score (nSPS) is 22.9. The summed E-state index contributed by atoms with van der Waals surface area (Å²) in [6.45, 7) is 3.27. The van der Waals surface area contributed by atoms with E-state index in [-0.39, 0.29) is 23.9 Å². The molecule has 0 bridgehead atoms. The highest BCUT2D eigenvalue weighted by molar-refractivity contribution is 5.78. The van der Waals surface area contributed by atoms with Crippen molar-refractivity contribution in [2.24, 2.45) is 0 Å². The van der Waals surface area contributed by atoms with E-state index in [1.165, 1.54) is 0 Å². The molecule has 7 nitrogen and oxygen atoms in total. The fraction of sp³-hybridized carbons (Fsp3) is 0.619. The number of nitrogens with zero attached hydrogens (tertiary/aromatic N) is 2. The Kier molecular flexibility index (Phi) is 7.28. The van der Waals surface area contributed by atoms with Gasteiger partial charge < -0.3 is 19.7 Å². The predicted molar refractivity (Wildman–Crippen MR) is 106 cm³/mol. The maximum Gasteiger partial charge on any atom is 0.224 e. The van der Waals surface area contributed by atoms with Crippen LogP contribution in [0.15, 0.2) is 24.3 Å². The average Bonchev–Trinajstić information content (AvgIpc) is 3.06. The molecule has 1 N–H and O–H groups in total. The number of rotatable bonds is 7. The average molecular weight is 389 g/mol. The monoisotopic (exact) mass is 389 g/mol. The van der Waals surface area contributed by atoms with Gasteiger partial charge >= 0.3 is 0 Å². The van der Waals surface area contributed by atoms with Crippen LogP contribution in [0, 0.1) is 0 Å². The minimum atomic E-state index is 0.00879. The van der Waals surface area contributed by atoms with E-state index in [1.807, 2.05) is 29.2 Å². The number of amides is 2. The summed E-state index contributed by atoms with van der Waals surface area (Å²) in [6.07, 6.45) is 2.87. The van der Waals surface area contributed by atoms with E-state index in [9.17, 15) is 9.59 Å². The largest absolute Gasteiger partial charge is 0.497 e. The summed E-state index contributed by atoms with van der Waals surface area (Å²) in [6, 6.07) is 8.09. The fourth-order valence-corrected chi connectivity index (χ4v) is 3.99. The maximum atomic E-state index is 12.5. The highest BCUT2D eigenvalue weighted by Crippen LogP contribution is 2.25. The number of likely N-dealkylation sites (tertiary alicyclic amines) is 1. The molecule has 2 amide bonds. The molecule has 0 spiro atoms. The zero-order valence-electron chi connectivity index (χ0n) is 16.9. The van der Waals surface area contributed by atoms with Crippen molar-refractivity contribution in [2.75, 3.05) is 47.0 Å². The number of morpholine rings is 1. The number of benzene rings is 1. The lowest BCUT2D eigenvalue weighted by Crippen LogP contribution is -2.45. The lowest BCUT2D eigenvalue weighted by molar-refractivity contribution is -0.136. The number of ether oxygens (including phenoxy) is 2. The van der Waals surface area contributed by atoms with E-state index in [0.717, 1.165) is 24.2 Å². The van der Waals surface area contributed by atoms with Gasteiger partial charge in [0, 0.05) is 38.1 Å². The fourth-order valence-electron chi connectivity index (χ4n) is 3.99. The Hall–Kier alpha value is -2.12. The Morgan fingerprint density at radius 2 is 1.96 bits per heavy atom. The number of likely N-dealkylation sites (N-methyl/N-ethyl adjacent to an activating group) is 1. The van der Waals surface area contributed by atoms with Gasteiger partial charge in [-0.15, -0.1) is 0 Å². The van der Waals surface area contributed by atoms with Gasteiger partial charge in [-0.2, -0.15) is 0 Å². The summed E-state index contributed by atoms with van der Waals surface area (Å²) >= 11 is 0. The first-order chi connectivity index (χ1) is 13.6. The quantitative estimate of drug-likeness (QED) is 0.755. The Morgan fingerprint density at radius 1 is 1.21 bits per heavy atom. The molecule has 28 heavy (non-hydrogen) atoms. The number of hydrogen-bond donors (Lipinski definition) is 1. The lowest BCUT2D eigenvalue weighted by Gasteiger charge is -2.30. The zero-order chi connectivity index (χ0) is 19.9. The second-order valence-corrected chi connectivity index (χ2v) is 7.58. The third-order valence-corrected chi connectivity index (χ3v) is 5.79. The van der Waals surface area contributed by atoms with Gasteiger partial charge in [-0.25, -0.2) is 0 Å². The SMILES string of the molecule is COc1cccc(CC(=O)NC[C@@H]2CC[C@H](CC(=O)N3CCOCC3)N2C)c1. The number of methoxy groups -OCH3 is 1. The van der Waals surface area contributed by atoms with Crippen LogP contribution in [-0.4, -0.2) is 80.7 Å². The van der Waals surface area contributed by atoms with Crippen LogP contribution < -0.4 is 10.1 Å². The van der Waals surface area contributed by atoms with Gasteiger partial charge in [0.15, 0.2) is 0 Å². The van der Waals surface area contributed by atoms with Crippen molar-refractivity contribution < 1.29 is 19.1 Å². The number of hydrogen-bond acceptors (Lipinski definition) is 5. The Bertz CT molecular complexity index is 675.